The summed E-state index contributed by atoms with van der Waals surface area (Å²) in [6.45, 7) is 5.24. The molecule has 0 saturated carbocycles. The van der Waals surface area contributed by atoms with Gasteiger partial charge < -0.3 is 4.74 Å². The van der Waals surface area contributed by atoms with Crippen molar-refractivity contribution in [1.29, 1.82) is 0 Å². The van der Waals surface area contributed by atoms with Crippen molar-refractivity contribution in [2.45, 2.75) is 27.3 Å². The molecule has 2 rings (SSSR count). The molecular formula is C17H19FN2O3. The van der Waals surface area contributed by atoms with E-state index in [1.165, 1.54) is 37.4 Å². The quantitative estimate of drug-likeness (QED) is 0.869. The van der Waals surface area contributed by atoms with Gasteiger partial charge in [-0.05, 0) is 18.2 Å². The summed E-state index contributed by atoms with van der Waals surface area (Å²) in [6.07, 6.45) is 0. The average molecular weight is 318 g/mol. The van der Waals surface area contributed by atoms with E-state index in [-0.39, 0.29) is 17.9 Å². The molecule has 0 aliphatic rings. The van der Waals surface area contributed by atoms with Crippen molar-refractivity contribution in [2.75, 3.05) is 7.11 Å². The standard InChI is InChI=1S/C17H19FN2O3/c1-17(2,3)15(21)10-20-16(22)8-7-13(19-20)12-6-5-11(18)9-14(12)23-4/h5-9H,10H2,1-4H3. The normalized spacial score (nSPS) is 11.3. The fourth-order valence-corrected chi connectivity index (χ4v) is 1.96. The zero-order chi connectivity index (χ0) is 17.2. The lowest BCUT2D eigenvalue weighted by Crippen LogP contribution is -2.32. The number of Topliss-reactive ketones (excluding diaryl/α,β-unsaturated/α-hetero) is 1. The Kier molecular flexibility index (Phi) is 4.63. The minimum absolute atomic E-state index is 0.102. The van der Waals surface area contributed by atoms with Gasteiger partial charge in [-0.1, -0.05) is 20.8 Å². The van der Waals surface area contributed by atoms with E-state index in [1.807, 2.05) is 0 Å². The third-order valence-electron chi connectivity index (χ3n) is 3.44. The van der Waals surface area contributed by atoms with Crippen LogP contribution in [0, 0.1) is 11.2 Å². The number of carbonyl (C=O) groups excluding carboxylic acids is 1. The molecule has 2 aromatic rings. The summed E-state index contributed by atoms with van der Waals surface area (Å²) in [6, 6.07) is 6.91. The topological polar surface area (TPSA) is 61.2 Å². The molecule has 0 aliphatic carbocycles. The molecule has 6 heteroatoms. The molecular weight excluding hydrogens is 299 g/mol. The number of aromatic nitrogens is 2. The van der Waals surface area contributed by atoms with Gasteiger partial charge in [-0.3, -0.25) is 9.59 Å². The van der Waals surface area contributed by atoms with Gasteiger partial charge in [-0.2, -0.15) is 5.10 Å². The van der Waals surface area contributed by atoms with Gasteiger partial charge >= 0.3 is 0 Å². The molecule has 0 radical (unpaired) electrons. The Balaban J connectivity index is 2.45. The highest BCUT2D eigenvalue weighted by molar-refractivity contribution is 5.83. The van der Waals surface area contributed by atoms with Gasteiger partial charge in [-0.15, -0.1) is 0 Å². The SMILES string of the molecule is COc1cc(F)ccc1-c1ccc(=O)n(CC(=O)C(C)(C)C)n1. The molecule has 0 spiro atoms. The molecule has 0 aliphatic heterocycles. The van der Waals surface area contributed by atoms with Crippen molar-refractivity contribution >= 4 is 5.78 Å². The highest BCUT2D eigenvalue weighted by Crippen LogP contribution is 2.28. The van der Waals surface area contributed by atoms with Crippen molar-refractivity contribution in [2.24, 2.45) is 5.41 Å². The second kappa shape index (κ2) is 6.32. The predicted octanol–water partition coefficient (Wildman–Crippen LogP) is 2.67. The Bertz CT molecular complexity index is 791. The Morgan fingerprint density at radius 3 is 2.57 bits per heavy atom. The number of carbonyl (C=O) groups is 1. The van der Waals surface area contributed by atoms with Gasteiger partial charge in [0.25, 0.3) is 5.56 Å². The number of benzene rings is 1. The number of hydrogen-bond acceptors (Lipinski definition) is 4. The van der Waals surface area contributed by atoms with Crippen LogP contribution in [0.5, 0.6) is 5.75 Å². The van der Waals surface area contributed by atoms with Crippen molar-refractivity contribution in [3.05, 3.63) is 46.5 Å². The fraction of sp³-hybridized carbons (Fsp3) is 0.353. The number of methoxy groups -OCH3 is 1. The van der Waals surface area contributed by atoms with Crippen LogP contribution in [0.2, 0.25) is 0 Å². The third kappa shape index (κ3) is 3.83. The Labute approximate surface area is 133 Å². The summed E-state index contributed by atoms with van der Waals surface area (Å²) in [5.74, 6) is -0.220. The molecule has 0 amide bonds. The van der Waals surface area contributed by atoms with Crippen LogP contribution in [0.3, 0.4) is 0 Å². The fourth-order valence-electron chi connectivity index (χ4n) is 1.96. The second-order valence-corrected chi connectivity index (χ2v) is 6.23. The molecule has 0 unspecified atom stereocenters. The van der Waals surface area contributed by atoms with Crippen LogP contribution < -0.4 is 10.3 Å². The maximum Gasteiger partial charge on any atom is 0.267 e. The van der Waals surface area contributed by atoms with Crippen LogP contribution in [0.1, 0.15) is 20.8 Å². The first kappa shape index (κ1) is 16.9. The lowest BCUT2D eigenvalue weighted by Gasteiger charge is -2.17. The van der Waals surface area contributed by atoms with Gasteiger partial charge in [0.05, 0.1) is 12.8 Å². The van der Waals surface area contributed by atoms with Crippen LogP contribution in [0.25, 0.3) is 11.3 Å². The molecule has 5 nitrogen and oxygen atoms in total. The van der Waals surface area contributed by atoms with Crippen molar-refractivity contribution in [1.82, 2.24) is 9.78 Å². The summed E-state index contributed by atoms with van der Waals surface area (Å²) < 4.78 is 19.6. The Hall–Kier alpha value is -2.50. The van der Waals surface area contributed by atoms with E-state index >= 15 is 0 Å². The summed E-state index contributed by atoms with van der Waals surface area (Å²) in [5, 5.41) is 4.22. The largest absolute Gasteiger partial charge is 0.496 e. The molecule has 0 N–H and O–H groups in total. The number of nitrogens with zero attached hydrogens (tertiary/aromatic N) is 2. The number of halogens is 1. The minimum atomic E-state index is -0.565. The van der Waals surface area contributed by atoms with Crippen LogP contribution in [-0.4, -0.2) is 22.7 Å². The maximum atomic E-state index is 13.3. The third-order valence-corrected chi connectivity index (χ3v) is 3.44. The molecule has 1 aromatic carbocycles. The first-order valence-electron chi connectivity index (χ1n) is 7.18. The molecule has 0 bridgehead atoms. The van der Waals surface area contributed by atoms with E-state index in [0.717, 1.165) is 4.68 Å². The molecule has 1 heterocycles. The zero-order valence-corrected chi connectivity index (χ0v) is 13.6. The highest BCUT2D eigenvalue weighted by atomic mass is 19.1. The molecule has 23 heavy (non-hydrogen) atoms. The summed E-state index contributed by atoms with van der Waals surface area (Å²) in [7, 11) is 1.43. The van der Waals surface area contributed by atoms with Gasteiger partial charge in [0.1, 0.15) is 18.1 Å². The van der Waals surface area contributed by atoms with E-state index in [2.05, 4.69) is 5.10 Å². The van der Waals surface area contributed by atoms with Crippen LogP contribution in [0.15, 0.2) is 35.1 Å². The predicted molar refractivity (Wildman–Crippen MR) is 84.9 cm³/mol. The van der Waals surface area contributed by atoms with Crippen molar-refractivity contribution < 1.29 is 13.9 Å². The monoisotopic (exact) mass is 318 g/mol. The number of ether oxygens (including phenoxy) is 1. The molecule has 1 aromatic heterocycles. The lowest BCUT2D eigenvalue weighted by atomic mass is 9.91. The summed E-state index contributed by atoms with van der Waals surface area (Å²) >= 11 is 0. The minimum Gasteiger partial charge on any atom is -0.496 e. The Morgan fingerprint density at radius 1 is 1.26 bits per heavy atom. The Morgan fingerprint density at radius 2 is 1.96 bits per heavy atom. The summed E-state index contributed by atoms with van der Waals surface area (Å²) in [4.78, 5) is 24.1. The average Bonchev–Trinajstić information content (AvgIpc) is 2.48. The van der Waals surface area contributed by atoms with E-state index in [1.54, 1.807) is 20.8 Å². The van der Waals surface area contributed by atoms with Gasteiger partial charge in [0.2, 0.25) is 0 Å². The molecule has 0 fully saturated rings. The van der Waals surface area contributed by atoms with Gasteiger partial charge in [0, 0.05) is 23.1 Å². The second-order valence-electron chi connectivity index (χ2n) is 6.23. The number of hydrogen-bond donors (Lipinski definition) is 0. The van der Waals surface area contributed by atoms with Crippen LogP contribution in [-0.2, 0) is 11.3 Å². The first-order chi connectivity index (χ1) is 10.7. The van der Waals surface area contributed by atoms with Crippen LogP contribution in [0.4, 0.5) is 4.39 Å². The lowest BCUT2D eigenvalue weighted by molar-refractivity contribution is -0.127. The number of rotatable bonds is 4. The van der Waals surface area contributed by atoms with Crippen molar-refractivity contribution in [3.8, 4) is 17.0 Å². The highest BCUT2D eigenvalue weighted by Gasteiger charge is 2.22. The maximum absolute atomic E-state index is 13.3. The summed E-state index contributed by atoms with van der Waals surface area (Å²) in [5.41, 5.74) is 0.0477. The molecule has 0 saturated heterocycles. The van der Waals surface area contributed by atoms with E-state index in [4.69, 9.17) is 4.74 Å². The van der Waals surface area contributed by atoms with Gasteiger partial charge in [0.15, 0.2) is 5.78 Å². The molecule has 122 valence electrons. The van der Waals surface area contributed by atoms with E-state index < -0.39 is 11.2 Å². The van der Waals surface area contributed by atoms with Crippen molar-refractivity contribution in [3.63, 3.8) is 0 Å². The smallest absolute Gasteiger partial charge is 0.267 e. The van der Waals surface area contributed by atoms with Crippen LogP contribution >= 0.6 is 0 Å². The van der Waals surface area contributed by atoms with E-state index in [0.29, 0.717) is 17.0 Å². The van der Waals surface area contributed by atoms with Gasteiger partial charge in [-0.25, -0.2) is 9.07 Å². The number of ketones is 1. The van der Waals surface area contributed by atoms with E-state index in [9.17, 15) is 14.0 Å². The zero-order valence-electron chi connectivity index (χ0n) is 13.6. The first-order valence-corrected chi connectivity index (χ1v) is 7.18. The molecule has 0 atom stereocenters.